The van der Waals surface area contributed by atoms with Crippen LogP contribution in [0.2, 0.25) is 0 Å². The van der Waals surface area contributed by atoms with Gasteiger partial charge < -0.3 is 10.6 Å². The quantitative estimate of drug-likeness (QED) is 0.642. The highest BCUT2D eigenvalue weighted by atomic mass is 32.2. The maximum atomic E-state index is 12.6. The van der Waals surface area contributed by atoms with Crippen molar-refractivity contribution in [2.24, 2.45) is 16.8 Å². The molecule has 31 heavy (non-hydrogen) atoms. The van der Waals surface area contributed by atoms with Crippen LogP contribution in [0.25, 0.3) is 0 Å². The summed E-state index contributed by atoms with van der Waals surface area (Å²) in [6.45, 7) is 0.618. The van der Waals surface area contributed by atoms with Crippen LogP contribution >= 0.6 is 11.8 Å². The molecule has 1 fully saturated rings. The third-order valence-corrected chi connectivity index (χ3v) is 7.79. The zero-order valence-electron chi connectivity index (χ0n) is 16.2. The number of nitrogens with one attached hydrogen (secondary N) is 3. The highest BCUT2D eigenvalue weighted by Gasteiger charge is 2.44. The maximum absolute atomic E-state index is 12.6. The van der Waals surface area contributed by atoms with Gasteiger partial charge in [0.1, 0.15) is 5.82 Å². The minimum atomic E-state index is -3.73. The number of aromatic nitrogens is 1. The predicted octanol–water partition coefficient (Wildman–Crippen LogP) is 2.58. The smallest absolute Gasteiger partial charge is 0.263 e. The van der Waals surface area contributed by atoms with E-state index in [2.05, 4.69) is 31.4 Å². The van der Waals surface area contributed by atoms with Gasteiger partial charge in [-0.2, -0.15) is 0 Å². The van der Waals surface area contributed by atoms with Gasteiger partial charge in [0.2, 0.25) is 5.91 Å². The van der Waals surface area contributed by atoms with E-state index in [1.807, 2.05) is 11.7 Å². The van der Waals surface area contributed by atoms with E-state index in [-0.39, 0.29) is 33.7 Å². The highest BCUT2D eigenvalue weighted by molar-refractivity contribution is 8.13. The number of aliphatic imine (C=N–C) groups is 1. The van der Waals surface area contributed by atoms with E-state index < -0.39 is 10.0 Å². The topological polar surface area (TPSA) is 113 Å². The Morgan fingerprint density at radius 2 is 2.00 bits per heavy atom. The largest absolute Gasteiger partial charge is 0.362 e. The molecule has 5 rings (SSSR count). The first-order chi connectivity index (χ1) is 15.0. The van der Waals surface area contributed by atoms with Crippen molar-refractivity contribution in [1.29, 1.82) is 0 Å². The van der Waals surface area contributed by atoms with Gasteiger partial charge in [0.15, 0.2) is 0 Å². The van der Waals surface area contributed by atoms with E-state index in [0.717, 1.165) is 17.0 Å². The number of anilines is 2. The molecule has 1 aromatic carbocycles. The Labute approximate surface area is 184 Å². The summed E-state index contributed by atoms with van der Waals surface area (Å²) in [7, 11) is -3.73. The molecule has 2 aromatic rings. The number of hydrogen-bond donors (Lipinski definition) is 3. The van der Waals surface area contributed by atoms with Crippen molar-refractivity contribution < 1.29 is 13.2 Å². The second kappa shape index (κ2) is 7.86. The number of carbonyl (C=O) groups is 1. The second-order valence-electron chi connectivity index (χ2n) is 7.36. The van der Waals surface area contributed by atoms with Gasteiger partial charge >= 0.3 is 0 Å². The Bertz CT molecular complexity index is 1210. The lowest BCUT2D eigenvalue weighted by atomic mass is 9.80. The first-order valence-electron chi connectivity index (χ1n) is 9.69. The molecule has 0 radical (unpaired) electrons. The Kier molecular flexibility index (Phi) is 5.03. The summed E-state index contributed by atoms with van der Waals surface area (Å²) in [5, 5.41) is 6.18. The zero-order valence-corrected chi connectivity index (χ0v) is 17.9. The van der Waals surface area contributed by atoms with E-state index in [4.69, 9.17) is 0 Å². The first-order valence-corrected chi connectivity index (χ1v) is 12.1. The molecule has 1 aliphatic carbocycles. The Morgan fingerprint density at radius 1 is 1.16 bits per heavy atom. The number of fused-ring (bicyclic) bond motifs is 2. The van der Waals surface area contributed by atoms with Crippen molar-refractivity contribution >= 4 is 44.7 Å². The standard InChI is InChI=1S/C21H19N5O3S2/c27-21-19-13(10-24-21)9-17-20(30-12-25-17)16(19)11-23-14-4-6-15(7-5-14)31(28,29)26-18-3-1-2-8-22-18/h1-9,11-13,19-20,23H,10H2,(H,22,26)(H,24,27)/b16-11-. The summed E-state index contributed by atoms with van der Waals surface area (Å²) in [6.07, 6.45) is 5.47. The minimum Gasteiger partial charge on any atom is -0.362 e. The maximum Gasteiger partial charge on any atom is 0.263 e. The molecule has 10 heteroatoms. The van der Waals surface area contributed by atoms with Gasteiger partial charge in [0, 0.05) is 30.5 Å². The average molecular weight is 454 g/mol. The molecule has 8 nitrogen and oxygen atoms in total. The summed E-state index contributed by atoms with van der Waals surface area (Å²) >= 11 is 1.59. The lowest BCUT2D eigenvalue weighted by molar-refractivity contribution is -0.121. The molecular weight excluding hydrogens is 434 g/mol. The predicted molar refractivity (Wildman–Crippen MR) is 121 cm³/mol. The number of pyridine rings is 1. The first kappa shape index (κ1) is 19.8. The molecule has 3 unspecified atom stereocenters. The molecule has 3 aliphatic rings. The van der Waals surface area contributed by atoms with E-state index >= 15 is 0 Å². The van der Waals surface area contributed by atoms with Crippen LogP contribution < -0.4 is 15.4 Å². The lowest BCUT2D eigenvalue weighted by Gasteiger charge is -2.28. The summed E-state index contributed by atoms with van der Waals surface area (Å²) in [4.78, 5) is 20.9. The Balaban J connectivity index is 1.34. The number of sulfonamides is 1. The van der Waals surface area contributed by atoms with Crippen LogP contribution in [0.15, 0.2) is 82.1 Å². The van der Waals surface area contributed by atoms with E-state index in [0.29, 0.717) is 6.54 Å². The molecule has 1 amide bonds. The van der Waals surface area contributed by atoms with Crippen LogP contribution in [0.3, 0.4) is 0 Å². The van der Waals surface area contributed by atoms with Crippen molar-refractivity contribution in [1.82, 2.24) is 10.3 Å². The molecule has 3 heterocycles. The van der Waals surface area contributed by atoms with Crippen molar-refractivity contribution in [2.75, 3.05) is 16.6 Å². The fourth-order valence-corrected chi connectivity index (χ4v) is 5.89. The molecule has 0 bridgehead atoms. The molecule has 158 valence electrons. The fourth-order valence-electron chi connectivity index (χ4n) is 3.93. The van der Waals surface area contributed by atoms with Gasteiger partial charge in [0.05, 0.1) is 27.3 Å². The van der Waals surface area contributed by atoms with E-state index in [1.54, 1.807) is 42.1 Å². The number of rotatable bonds is 5. The third-order valence-electron chi connectivity index (χ3n) is 5.41. The number of amides is 1. The van der Waals surface area contributed by atoms with Gasteiger partial charge in [-0.3, -0.25) is 14.5 Å². The van der Waals surface area contributed by atoms with Crippen molar-refractivity contribution in [3.05, 3.63) is 72.2 Å². The molecular formula is C21H19N5O3S2. The van der Waals surface area contributed by atoms with Crippen LogP contribution in [0.5, 0.6) is 0 Å². The summed E-state index contributed by atoms with van der Waals surface area (Å²) < 4.78 is 27.6. The molecule has 3 N–H and O–H groups in total. The van der Waals surface area contributed by atoms with Crippen molar-refractivity contribution in [3.8, 4) is 0 Å². The lowest BCUT2D eigenvalue weighted by Crippen LogP contribution is -2.30. The third kappa shape index (κ3) is 3.84. The van der Waals surface area contributed by atoms with Gasteiger partial charge in [-0.05, 0) is 42.0 Å². The Hall–Kier alpha value is -3.11. The van der Waals surface area contributed by atoms with E-state index in [9.17, 15) is 13.2 Å². The van der Waals surface area contributed by atoms with Crippen molar-refractivity contribution in [3.63, 3.8) is 0 Å². The van der Waals surface area contributed by atoms with Crippen molar-refractivity contribution in [2.45, 2.75) is 10.1 Å². The molecule has 3 atom stereocenters. The molecule has 1 aromatic heterocycles. The molecule has 0 spiro atoms. The van der Waals surface area contributed by atoms with Gasteiger partial charge in [-0.15, -0.1) is 0 Å². The van der Waals surface area contributed by atoms with Crippen LogP contribution in [0.4, 0.5) is 11.5 Å². The van der Waals surface area contributed by atoms with Crippen LogP contribution in [0.1, 0.15) is 0 Å². The van der Waals surface area contributed by atoms with E-state index in [1.165, 1.54) is 18.3 Å². The van der Waals surface area contributed by atoms with Gasteiger partial charge in [-0.1, -0.05) is 23.9 Å². The normalized spacial score (nSPS) is 25.5. The Morgan fingerprint density at radius 3 is 2.77 bits per heavy atom. The summed E-state index contributed by atoms with van der Waals surface area (Å²) in [5.41, 5.74) is 4.50. The number of benzene rings is 1. The van der Waals surface area contributed by atoms with Gasteiger partial charge in [0.25, 0.3) is 10.0 Å². The summed E-state index contributed by atoms with van der Waals surface area (Å²) in [6, 6.07) is 11.4. The second-order valence-corrected chi connectivity index (χ2v) is 10.00. The fraction of sp³-hybridized carbons (Fsp3) is 0.190. The monoisotopic (exact) mass is 453 g/mol. The SMILES string of the molecule is O=C1NCC2C=C3N=CSC3/C(=C\Nc3ccc(S(=O)(=O)Nc4ccccn4)cc3)C12. The number of nitrogens with zero attached hydrogens (tertiary/aromatic N) is 2. The van der Waals surface area contributed by atoms with Crippen LogP contribution in [-0.4, -0.2) is 36.7 Å². The summed E-state index contributed by atoms with van der Waals surface area (Å²) in [5.74, 6) is 0.185. The molecule has 2 aliphatic heterocycles. The van der Waals surface area contributed by atoms with Crippen LogP contribution in [-0.2, 0) is 14.8 Å². The minimum absolute atomic E-state index is 0.0276. The number of carbonyl (C=O) groups excluding carboxylic acids is 1. The highest BCUT2D eigenvalue weighted by Crippen LogP contribution is 2.44. The van der Waals surface area contributed by atoms with Gasteiger partial charge in [-0.25, -0.2) is 13.4 Å². The average Bonchev–Trinajstić information content (AvgIpc) is 3.39. The molecule has 1 saturated heterocycles. The molecule has 0 saturated carbocycles. The number of hydrogen-bond acceptors (Lipinski definition) is 7. The zero-order chi connectivity index (χ0) is 21.4. The van der Waals surface area contributed by atoms with Crippen LogP contribution in [0, 0.1) is 11.8 Å². The number of thioether (sulfide) groups is 1.